The summed E-state index contributed by atoms with van der Waals surface area (Å²) in [4.78, 5) is 22.0. The van der Waals surface area contributed by atoms with Gasteiger partial charge in [0.1, 0.15) is 17.3 Å². The molecule has 6 nitrogen and oxygen atoms in total. The van der Waals surface area contributed by atoms with Crippen molar-refractivity contribution in [2.75, 3.05) is 31.4 Å². The van der Waals surface area contributed by atoms with E-state index in [2.05, 4.69) is 15.3 Å². The van der Waals surface area contributed by atoms with Gasteiger partial charge in [0, 0.05) is 25.8 Å². The molecule has 0 saturated carbocycles. The Kier molecular flexibility index (Phi) is 4.14. The van der Waals surface area contributed by atoms with Crippen LogP contribution in [0.5, 0.6) is 5.75 Å². The van der Waals surface area contributed by atoms with E-state index in [1.165, 1.54) is 11.1 Å². The first kappa shape index (κ1) is 13.8. The first-order valence-electron chi connectivity index (χ1n) is 6.07. The van der Waals surface area contributed by atoms with Crippen molar-refractivity contribution >= 4 is 17.4 Å². The summed E-state index contributed by atoms with van der Waals surface area (Å²) in [6.45, 7) is 0. The molecule has 6 heteroatoms. The van der Waals surface area contributed by atoms with E-state index >= 15 is 0 Å². The van der Waals surface area contributed by atoms with E-state index in [4.69, 9.17) is 4.74 Å². The summed E-state index contributed by atoms with van der Waals surface area (Å²) < 4.78 is 5.15. The highest BCUT2D eigenvalue weighted by Crippen LogP contribution is 2.21. The fourth-order valence-electron chi connectivity index (χ4n) is 1.70. The number of carbonyl (C=O) groups excluding carboxylic acids is 1. The maximum absolute atomic E-state index is 12.4. The zero-order chi connectivity index (χ0) is 14.5. The van der Waals surface area contributed by atoms with Crippen LogP contribution in [-0.2, 0) is 0 Å². The molecule has 104 valence electrons. The highest BCUT2D eigenvalue weighted by molar-refractivity contribution is 6.04. The van der Waals surface area contributed by atoms with Gasteiger partial charge in [-0.25, -0.2) is 4.98 Å². The molecule has 1 aromatic heterocycles. The second kappa shape index (κ2) is 6.01. The Morgan fingerprint density at radius 1 is 1.35 bits per heavy atom. The number of hydrogen-bond acceptors (Lipinski definition) is 5. The number of methoxy groups -OCH3 is 1. The number of rotatable bonds is 4. The SMILES string of the molecule is CNc1cncc(C(=O)N(C)c2cccc(OC)c2)n1. The highest BCUT2D eigenvalue weighted by atomic mass is 16.5. The van der Waals surface area contributed by atoms with Crippen LogP contribution in [0.25, 0.3) is 0 Å². The predicted octanol–water partition coefficient (Wildman–Crippen LogP) is 1.80. The monoisotopic (exact) mass is 272 g/mol. The molecule has 0 aliphatic heterocycles. The zero-order valence-corrected chi connectivity index (χ0v) is 11.6. The number of amides is 1. The lowest BCUT2D eigenvalue weighted by Crippen LogP contribution is -2.27. The Labute approximate surface area is 117 Å². The molecule has 0 bridgehead atoms. The molecule has 0 atom stereocenters. The van der Waals surface area contributed by atoms with Crippen molar-refractivity contribution in [3.8, 4) is 5.75 Å². The topological polar surface area (TPSA) is 67.4 Å². The molecule has 2 rings (SSSR count). The first-order chi connectivity index (χ1) is 9.65. The quantitative estimate of drug-likeness (QED) is 0.919. The van der Waals surface area contributed by atoms with Crippen molar-refractivity contribution in [1.82, 2.24) is 9.97 Å². The number of ether oxygens (including phenoxy) is 1. The highest BCUT2D eigenvalue weighted by Gasteiger charge is 2.16. The van der Waals surface area contributed by atoms with E-state index in [1.54, 1.807) is 33.5 Å². The summed E-state index contributed by atoms with van der Waals surface area (Å²) in [7, 11) is 5.00. The van der Waals surface area contributed by atoms with Crippen LogP contribution in [0.4, 0.5) is 11.5 Å². The van der Waals surface area contributed by atoms with Crippen molar-refractivity contribution < 1.29 is 9.53 Å². The van der Waals surface area contributed by atoms with Crippen LogP contribution in [0.3, 0.4) is 0 Å². The van der Waals surface area contributed by atoms with Crippen LogP contribution in [0.15, 0.2) is 36.7 Å². The van der Waals surface area contributed by atoms with Crippen LogP contribution in [0.2, 0.25) is 0 Å². The standard InChI is InChI=1S/C14H16N4O2/c1-15-13-9-16-8-12(17-13)14(19)18(2)10-5-4-6-11(7-10)20-3/h4-9H,1-3H3,(H,15,17). The maximum atomic E-state index is 12.4. The molecule has 0 spiro atoms. The van der Waals surface area contributed by atoms with E-state index in [0.717, 1.165) is 5.69 Å². The van der Waals surface area contributed by atoms with Crippen molar-refractivity contribution in [3.05, 3.63) is 42.4 Å². The second-order valence-corrected chi connectivity index (χ2v) is 4.11. The molecule has 0 saturated heterocycles. The van der Waals surface area contributed by atoms with Gasteiger partial charge in [-0.2, -0.15) is 0 Å². The number of anilines is 2. The molecule has 1 heterocycles. The Bertz CT molecular complexity index is 616. The lowest BCUT2D eigenvalue weighted by molar-refractivity contribution is 0.0988. The van der Waals surface area contributed by atoms with E-state index in [1.807, 2.05) is 18.2 Å². The molecule has 0 fully saturated rings. The van der Waals surface area contributed by atoms with Gasteiger partial charge in [0.25, 0.3) is 5.91 Å². The normalized spacial score (nSPS) is 9.95. The van der Waals surface area contributed by atoms with E-state index < -0.39 is 0 Å². The Hall–Kier alpha value is -2.63. The van der Waals surface area contributed by atoms with E-state index in [0.29, 0.717) is 11.6 Å². The largest absolute Gasteiger partial charge is 0.497 e. The predicted molar refractivity (Wildman–Crippen MR) is 77.3 cm³/mol. The summed E-state index contributed by atoms with van der Waals surface area (Å²) >= 11 is 0. The van der Waals surface area contributed by atoms with Gasteiger partial charge in [-0.05, 0) is 12.1 Å². The van der Waals surface area contributed by atoms with Crippen molar-refractivity contribution in [2.45, 2.75) is 0 Å². The fraction of sp³-hybridized carbons (Fsp3) is 0.214. The average Bonchev–Trinajstić information content (AvgIpc) is 2.53. The number of carbonyl (C=O) groups is 1. The molecule has 0 aliphatic rings. The number of nitrogens with one attached hydrogen (secondary N) is 1. The van der Waals surface area contributed by atoms with Gasteiger partial charge in [-0.15, -0.1) is 0 Å². The van der Waals surface area contributed by atoms with Crippen molar-refractivity contribution in [1.29, 1.82) is 0 Å². The van der Waals surface area contributed by atoms with Crippen LogP contribution >= 0.6 is 0 Å². The summed E-state index contributed by atoms with van der Waals surface area (Å²) in [5.41, 5.74) is 1.01. The fourth-order valence-corrected chi connectivity index (χ4v) is 1.70. The Morgan fingerprint density at radius 3 is 2.85 bits per heavy atom. The third kappa shape index (κ3) is 2.85. The third-order valence-corrected chi connectivity index (χ3v) is 2.86. The smallest absolute Gasteiger partial charge is 0.278 e. The van der Waals surface area contributed by atoms with Crippen LogP contribution in [-0.4, -0.2) is 37.1 Å². The molecule has 1 aromatic carbocycles. The van der Waals surface area contributed by atoms with Gasteiger partial charge >= 0.3 is 0 Å². The van der Waals surface area contributed by atoms with Gasteiger partial charge in [0.15, 0.2) is 0 Å². The van der Waals surface area contributed by atoms with E-state index in [-0.39, 0.29) is 11.6 Å². The molecule has 20 heavy (non-hydrogen) atoms. The molecular weight excluding hydrogens is 256 g/mol. The van der Waals surface area contributed by atoms with Gasteiger partial charge < -0.3 is 15.0 Å². The van der Waals surface area contributed by atoms with Crippen molar-refractivity contribution in [3.63, 3.8) is 0 Å². The van der Waals surface area contributed by atoms with Crippen molar-refractivity contribution in [2.24, 2.45) is 0 Å². The third-order valence-electron chi connectivity index (χ3n) is 2.86. The minimum absolute atomic E-state index is 0.233. The lowest BCUT2D eigenvalue weighted by atomic mass is 10.2. The van der Waals surface area contributed by atoms with Gasteiger partial charge in [0.05, 0.1) is 19.5 Å². The lowest BCUT2D eigenvalue weighted by Gasteiger charge is -2.17. The van der Waals surface area contributed by atoms with Gasteiger partial charge in [-0.3, -0.25) is 9.78 Å². The van der Waals surface area contributed by atoms with Gasteiger partial charge in [0.2, 0.25) is 0 Å². The number of hydrogen-bond donors (Lipinski definition) is 1. The molecule has 0 aliphatic carbocycles. The molecule has 0 unspecified atom stereocenters. The van der Waals surface area contributed by atoms with Gasteiger partial charge in [-0.1, -0.05) is 6.07 Å². The minimum atomic E-state index is -0.233. The summed E-state index contributed by atoms with van der Waals surface area (Å²) in [5.74, 6) is 1.01. The van der Waals surface area contributed by atoms with Crippen LogP contribution in [0, 0.1) is 0 Å². The minimum Gasteiger partial charge on any atom is -0.497 e. The van der Waals surface area contributed by atoms with E-state index in [9.17, 15) is 4.79 Å². The molecule has 0 radical (unpaired) electrons. The Morgan fingerprint density at radius 2 is 2.15 bits per heavy atom. The molecule has 2 aromatic rings. The maximum Gasteiger partial charge on any atom is 0.278 e. The molecular formula is C14H16N4O2. The average molecular weight is 272 g/mol. The number of benzene rings is 1. The molecule has 1 N–H and O–H groups in total. The number of aromatic nitrogens is 2. The summed E-state index contributed by atoms with van der Waals surface area (Å²) in [6, 6.07) is 7.26. The second-order valence-electron chi connectivity index (χ2n) is 4.11. The van der Waals surface area contributed by atoms with Crippen LogP contribution in [0.1, 0.15) is 10.5 Å². The van der Waals surface area contributed by atoms with Crippen LogP contribution < -0.4 is 15.0 Å². The summed E-state index contributed by atoms with van der Waals surface area (Å²) in [6.07, 6.45) is 3.00. The number of nitrogens with zero attached hydrogens (tertiary/aromatic N) is 3. The Balaban J connectivity index is 2.27. The first-order valence-corrected chi connectivity index (χ1v) is 6.07. The summed E-state index contributed by atoms with van der Waals surface area (Å²) in [5, 5.41) is 2.85. The molecule has 1 amide bonds. The zero-order valence-electron chi connectivity index (χ0n) is 11.6.